The van der Waals surface area contributed by atoms with Crippen molar-refractivity contribution in [1.82, 2.24) is 9.88 Å². The molecular weight excluding hydrogens is 404 g/mol. The summed E-state index contributed by atoms with van der Waals surface area (Å²) in [6.07, 6.45) is 4.01. The Morgan fingerprint density at radius 1 is 1.03 bits per heavy atom. The number of aryl methyl sites for hydroxylation is 2. The van der Waals surface area contributed by atoms with Gasteiger partial charge in [0.05, 0.1) is 12.1 Å². The Labute approximate surface area is 187 Å². The van der Waals surface area contributed by atoms with Gasteiger partial charge in [0.15, 0.2) is 11.5 Å². The van der Waals surface area contributed by atoms with Crippen LogP contribution in [0.5, 0.6) is 11.5 Å². The van der Waals surface area contributed by atoms with Gasteiger partial charge in [-0.05, 0) is 67.5 Å². The molecule has 2 aromatic carbocycles. The van der Waals surface area contributed by atoms with Crippen LogP contribution in [0.15, 0.2) is 41.2 Å². The van der Waals surface area contributed by atoms with Gasteiger partial charge in [0.2, 0.25) is 12.7 Å². The summed E-state index contributed by atoms with van der Waals surface area (Å²) in [7, 11) is 0. The highest BCUT2D eigenvalue weighted by molar-refractivity contribution is 5.83. The number of H-pyrrole nitrogens is 1. The molecular formula is C26H28N2O4. The number of aromatic amines is 1. The van der Waals surface area contributed by atoms with E-state index in [-0.39, 0.29) is 30.7 Å². The van der Waals surface area contributed by atoms with Crippen LogP contribution >= 0.6 is 0 Å². The molecule has 6 heteroatoms. The molecule has 1 N–H and O–H groups in total. The van der Waals surface area contributed by atoms with Gasteiger partial charge < -0.3 is 19.4 Å². The fourth-order valence-electron chi connectivity index (χ4n) is 4.96. The highest BCUT2D eigenvalue weighted by atomic mass is 16.7. The number of rotatable bonds is 5. The first-order chi connectivity index (χ1) is 15.5. The average molecular weight is 433 g/mol. The molecule has 6 nitrogen and oxygen atoms in total. The van der Waals surface area contributed by atoms with Gasteiger partial charge in [-0.2, -0.15) is 0 Å². The van der Waals surface area contributed by atoms with Crippen LogP contribution in [0.3, 0.4) is 0 Å². The second-order valence-corrected chi connectivity index (χ2v) is 9.03. The van der Waals surface area contributed by atoms with Crippen LogP contribution in [0.2, 0.25) is 0 Å². The van der Waals surface area contributed by atoms with Crippen LogP contribution in [0, 0.1) is 19.8 Å². The summed E-state index contributed by atoms with van der Waals surface area (Å²) in [5, 5.41) is 0.994. The molecule has 1 aliphatic carbocycles. The Balaban J connectivity index is 1.48. The molecule has 1 fully saturated rings. The van der Waals surface area contributed by atoms with E-state index in [4.69, 9.17) is 9.47 Å². The summed E-state index contributed by atoms with van der Waals surface area (Å²) in [6, 6.07) is 11.8. The predicted octanol–water partition coefficient (Wildman–Crippen LogP) is 4.59. The highest BCUT2D eigenvalue weighted by Crippen LogP contribution is 2.34. The summed E-state index contributed by atoms with van der Waals surface area (Å²) >= 11 is 0. The molecule has 3 aromatic rings. The van der Waals surface area contributed by atoms with Crippen LogP contribution in [0.1, 0.15) is 47.9 Å². The van der Waals surface area contributed by atoms with Crippen molar-refractivity contribution in [2.45, 2.75) is 52.6 Å². The molecule has 1 aromatic heterocycles. The number of hydrogen-bond acceptors (Lipinski definition) is 4. The van der Waals surface area contributed by atoms with Crippen molar-refractivity contribution in [1.29, 1.82) is 0 Å². The van der Waals surface area contributed by atoms with E-state index in [1.165, 1.54) is 0 Å². The lowest BCUT2D eigenvalue weighted by Gasteiger charge is -2.26. The van der Waals surface area contributed by atoms with Crippen molar-refractivity contribution < 1.29 is 14.3 Å². The fourth-order valence-corrected chi connectivity index (χ4v) is 4.96. The van der Waals surface area contributed by atoms with Gasteiger partial charge in [-0.1, -0.05) is 30.5 Å². The Hall–Kier alpha value is -3.28. The lowest BCUT2D eigenvalue weighted by atomic mass is 10.0. The number of benzene rings is 2. The number of hydrogen-bond donors (Lipinski definition) is 1. The first-order valence-corrected chi connectivity index (χ1v) is 11.3. The Bertz CT molecular complexity index is 1240. The number of ether oxygens (including phenoxy) is 2. The quantitative estimate of drug-likeness (QED) is 0.640. The zero-order chi connectivity index (χ0) is 22.2. The summed E-state index contributed by atoms with van der Waals surface area (Å²) in [4.78, 5) is 31.2. The minimum absolute atomic E-state index is 0.0352. The van der Waals surface area contributed by atoms with E-state index >= 15 is 0 Å². The monoisotopic (exact) mass is 432 g/mol. The number of pyridine rings is 1. The van der Waals surface area contributed by atoms with E-state index in [1.54, 1.807) is 0 Å². The van der Waals surface area contributed by atoms with Gasteiger partial charge in [-0.3, -0.25) is 9.59 Å². The van der Waals surface area contributed by atoms with Crippen molar-refractivity contribution >= 4 is 16.8 Å². The molecule has 1 amide bonds. The van der Waals surface area contributed by atoms with Crippen molar-refractivity contribution in [2.24, 2.45) is 5.92 Å². The minimum atomic E-state index is -0.139. The summed E-state index contributed by atoms with van der Waals surface area (Å²) in [5.41, 5.74) is 4.47. The third-order valence-electron chi connectivity index (χ3n) is 6.56. The molecule has 0 unspecified atom stereocenters. The molecule has 2 aliphatic rings. The molecule has 0 spiro atoms. The van der Waals surface area contributed by atoms with Crippen LogP contribution in [-0.4, -0.2) is 22.6 Å². The maximum atomic E-state index is 13.4. The molecule has 2 heterocycles. The topological polar surface area (TPSA) is 71.6 Å². The van der Waals surface area contributed by atoms with E-state index in [9.17, 15) is 9.59 Å². The molecule has 0 radical (unpaired) electrons. The Morgan fingerprint density at radius 3 is 2.62 bits per heavy atom. The predicted molar refractivity (Wildman–Crippen MR) is 123 cm³/mol. The number of nitrogens with one attached hydrogen (secondary N) is 1. The van der Waals surface area contributed by atoms with Gasteiger partial charge in [-0.25, -0.2) is 0 Å². The smallest absolute Gasteiger partial charge is 0.253 e. The summed E-state index contributed by atoms with van der Waals surface area (Å²) in [5.74, 6) is 1.58. The highest BCUT2D eigenvalue weighted by Gasteiger charge is 2.28. The minimum Gasteiger partial charge on any atom is -0.454 e. The number of carbonyl (C=O) groups excluding carboxylic acids is 1. The first-order valence-electron chi connectivity index (χ1n) is 11.3. The molecule has 0 saturated heterocycles. The van der Waals surface area contributed by atoms with Crippen molar-refractivity contribution in [2.75, 3.05) is 6.79 Å². The number of amides is 1. The van der Waals surface area contributed by atoms with E-state index < -0.39 is 0 Å². The zero-order valence-electron chi connectivity index (χ0n) is 18.6. The van der Waals surface area contributed by atoms with Crippen molar-refractivity contribution in [3.05, 3.63) is 69.0 Å². The lowest BCUT2D eigenvalue weighted by Crippen LogP contribution is -2.36. The van der Waals surface area contributed by atoms with Crippen molar-refractivity contribution in [3.8, 4) is 11.5 Å². The largest absolute Gasteiger partial charge is 0.454 e. The standard InChI is InChI=1S/C26H28N2O4/c1-16-9-17(2)24-20(10-16)12-21(25(29)27-24)14-28(26(30)19-5-3-4-6-19)13-18-7-8-22-23(11-18)32-15-31-22/h7-12,19H,3-6,13-15H2,1-2H3,(H,27,29). The van der Waals surface area contributed by atoms with E-state index in [0.29, 0.717) is 17.9 Å². The van der Waals surface area contributed by atoms with Gasteiger partial charge in [0, 0.05) is 18.0 Å². The van der Waals surface area contributed by atoms with E-state index in [0.717, 1.165) is 59.0 Å². The van der Waals surface area contributed by atoms with Crippen LogP contribution in [0.25, 0.3) is 10.9 Å². The molecule has 5 rings (SSSR count). The van der Waals surface area contributed by atoms with E-state index in [1.807, 2.05) is 43.0 Å². The zero-order valence-corrected chi connectivity index (χ0v) is 18.6. The van der Waals surface area contributed by atoms with E-state index in [2.05, 4.69) is 17.1 Å². The molecule has 0 bridgehead atoms. The molecule has 32 heavy (non-hydrogen) atoms. The normalized spacial score (nSPS) is 15.4. The van der Waals surface area contributed by atoms with Gasteiger partial charge in [0.1, 0.15) is 0 Å². The van der Waals surface area contributed by atoms with Gasteiger partial charge >= 0.3 is 0 Å². The summed E-state index contributed by atoms with van der Waals surface area (Å²) < 4.78 is 10.9. The number of fused-ring (bicyclic) bond motifs is 2. The first kappa shape index (κ1) is 20.6. The van der Waals surface area contributed by atoms with Crippen molar-refractivity contribution in [3.63, 3.8) is 0 Å². The number of aromatic nitrogens is 1. The fraction of sp³-hybridized carbons (Fsp3) is 0.385. The maximum absolute atomic E-state index is 13.4. The van der Waals surface area contributed by atoms with Crippen LogP contribution in [-0.2, 0) is 17.9 Å². The lowest BCUT2D eigenvalue weighted by molar-refractivity contribution is -0.136. The second-order valence-electron chi connectivity index (χ2n) is 9.03. The average Bonchev–Trinajstić information content (AvgIpc) is 3.45. The Kier molecular flexibility index (Phi) is 5.37. The Morgan fingerprint density at radius 2 is 1.81 bits per heavy atom. The van der Waals surface area contributed by atoms with Gasteiger partial charge in [-0.15, -0.1) is 0 Å². The van der Waals surface area contributed by atoms with Crippen LogP contribution in [0.4, 0.5) is 0 Å². The molecule has 166 valence electrons. The third-order valence-corrected chi connectivity index (χ3v) is 6.56. The molecule has 1 saturated carbocycles. The number of nitrogens with zero attached hydrogens (tertiary/aromatic N) is 1. The third kappa shape index (κ3) is 3.97. The molecule has 1 aliphatic heterocycles. The second kappa shape index (κ2) is 8.34. The SMILES string of the molecule is Cc1cc(C)c2[nH]c(=O)c(CN(Cc3ccc4c(c3)OCO4)C(=O)C3CCCC3)cc2c1. The van der Waals surface area contributed by atoms with Gasteiger partial charge in [0.25, 0.3) is 5.56 Å². The van der Waals surface area contributed by atoms with Crippen LogP contribution < -0.4 is 15.0 Å². The molecule has 0 atom stereocenters. The number of carbonyl (C=O) groups is 1. The summed E-state index contributed by atoms with van der Waals surface area (Å²) in [6.45, 7) is 4.97. The maximum Gasteiger partial charge on any atom is 0.253 e.